The number of nitrogens with zero attached hydrogens (tertiary/aromatic N) is 1. The molecule has 0 saturated heterocycles. The van der Waals surface area contributed by atoms with Crippen molar-refractivity contribution in [1.29, 1.82) is 0 Å². The van der Waals surface area contributed by atoms with E-state index in [2.05, 4.69) is 4.90 Å². The fourth-order valence-corrected chi connectivity index (χ4v) is 1.70. The Hall–Kier alpha value is -1.33. The molecule has 0 atom stereocenters. The highest BCUT2D eigenvalue weighted by Gasteiger charge is 2.15. The summed E-state index contributed by atoms with van der Waals surface area (Å²) in [7, 11) is 0. The second kappa shape index (κ2) is 6.42. The first-order valence-electron chi connectivity index (χ1n) is 5.74. The molecule has 0 aliphatic heterocycles. The topological polar surface area (TPSA) is 73.9 Å². The molecule has 0 bridgehead atoms. The average molecular weight is 241 g/mol. The summed E-state index contributed by atoms with van der Waals surface area (Å²) in [5.41, 5.74) is 0.644. The lowest BCUT2D eigenvalue weighted by Crippen LogP contribution is -2.24. The zero-order chi connectivity index (χ0) is 12.8. The number of carboxylic acid groups (broad SMARTS) is 1. The van der Waals surface area contributed by atoms with E-state index in [-0.39, 0.29) is 12.4 Å². The van der Waals surface area contributed by atoms with Gasteiger partial charge in [-0.15, -0.1) is 0 Å². The van der Waals surface area contributed by atoms with Crippen molar-refractivity contribution in [3.63, 3.8) is 0 Å². The van der Waals surface area contributed by atoms with Crippen molar-refractivity contribution >= 4 is 5.97 Å². The fourth-order valence-electron chi connectivity index (χ4n) is 1.70. The SMILES string of the molecule is CCN(CCCO)Cc1cc(C)c(C(=O)O)o1. The molecule has 0 aromatic carbocycles. The molecule has 96 valence electrons. The monoisotopic (exact) mass is 241 g/mol. The number of aliphatic hydroxyl groups is 1. The molecular formula is C12H19NO4. The summed E-state index contributed by atoms with van der Waals surface area (Å²) in [5.74, 6) is -0.370. The van der Waals surface area contributed by atoms with Crippen LogP contribution in [0.2, 0.25) is 0 Å². The Balaban J connectivity index is 2.66. The van der Waals surface area contributed by atoms with E-state index in [9.17, 15) is 4.79 Å². The minimum absolute atomic E-state index is 0.0122. The summed E-state index contributed by atoms with van der Waals surface area (Å²) in [6.07, 6.45) is 0.708. The Labute approximate surface area is 101 Å². The molecule has 0 unspecified atom stereocenters. The zero-order valence-corrected chi connectivity index (χ0v) is 10.3. The maximum Gasteiger partial charge on any atom is 0.372 e. The van der Waals surface area contributed by atoms with Gasteiger partial charge in [0, 0.05) is 18.7 Å². The van der Waals surface area contributed by atoms with Crippen LogP contribution in [0.5, 0.6) is 0 Å². The van der Waals surface area contributed by atoms with Crippen LogP contribution in [0, 0.1) is 6.92 Å². The highest BCUT2D eigenvalue weighted by molar-refractivity contribution is 5.86. The molecule has 17 heavy (non-hydrogen) atoms. The third kappa shape index (κ3) is 3.87. The van der Waals surface area contributed by atoms with E-state index < -0.39 is 5.97 Å². The van der Waals surface area contributed by atoms with Gasteiger partial charge in [-0.25, -0.2) is 4.79 Å². The number of carbonyl (C=O) groups is 1. The van der Waals surface area contributed by atoms with Crippen LogP contribution in [0.25, 0.3) is 0 Å². The van der Waals surface area contributed by atoms with E-state index in [0.717, 1.165) is 13.1 Å². The Bertz CT molecular complexity index is 373. The molecule has 2 N–H and O–H groups in total. The number of carboxylic acids is 1. The third-order valence-electron chi connectivity index (χ3n) is 2.62. The lowest BCUT2D eigenvalue weighted by molar-refractivity contribution is 0.0657. The minimum Gasteiger partial charge on any atom is -0.475 e. The average Bonchev–Trinajstić information content (AvgIpc) is 2.65. The van der Waals surface area contributed by atoms with Gasteiger partial charge in [0.15, 0.2) is 0 Å². The normalized spacial score (nSPS) is 11.1. The van der Waals surface area contributed by atoms with Crippen LogP contribution in [-0.4, -0.2) is 40.8 Å². The summed E-state index contributed by atoms with van der Waals surface area (Å²) in [6, 6.07) is 1.76. The van der Waals surface area contributed by atoms with E-state index in [1.54, 1.807) is 13.0 Å². The number of hydrogen-bond acceptors (Lipinski definition) is 4. The molecule has 0 radical (unpaired) electrons. The van der Waals surface area contributed by atoms with Gasteiger partial charge in [0.05, 0.1) is 6.54 Å². The number of furan rings is 1. The van der Waals surface area contributed by atoms with E-state index in [1.807, 2.05) is 6.92 Å². The zero-order valence-electron chi connectivity index (χ0n) is 10.3. The highest BCUT2D eigenvalue weighted by Crippen LogP contribution is 2.16. The molecule has 0 aliphatic carbocycles. The summed E-state index contributed by atoms with van der Waals surface area (Å²) in [5, 5.41) is 17.6. The quantitative estimate of drug-likeness (QED) is 0.756. The Morgan fingerprint density at radius 3 is 2.71 bits per heavy atom. The Morgan fingerprint density at radius 1 is 1.53 bits per heavy atom. The van der Waals surface area contributed by atoms with Crippen molar-refractivity contribution in [2.45, 2.75) is 26.8 Å². The molecule has 5 heteroatoms. The van der Waals surface area contributed by atoms with Gasteiger partial charge in [-0.1, -0.05) is 6.92 Å². The van der Waals surface area contributed by atoms with E-state index in [0.29, 0.717) is 24.3 Å². The molecule has 1 aromatic heterocycles. The van der Waals surface area contributed by atoms with Crippen LogP contribution in [0.1, 0.15) is 35.2 Å². The van der Waals surface area contributed by atoms with Gasteiger partial charge in [-0.3, -0.25) is 4.90 Å². The third-order valence-corrected chi connectivity index (χ3v) is 2.62. The largest absolute Gasteiger partial charge is 0.475 e. The van der Waals surface area contributed by atoms with Gasteiger partial charge < -0.3 is 14.6 Å². The molecule has 1 rings (SSSR count). The second-order valence-electron chi connectivity index (χ2n) is 3.98. The van der Waals surface area contributed by atoms with Crippen LogP contribution >= 0.6 is 0 Å². The van der Waals surface area contributed by atoms with Crippen molar-refractivity contribution in [1.82, 2.24) is 4.90 Å². The lowest BCUT2D eigenvalue weighted by atomic mass is 10.2. The predicted octanol–water partition coefficient (Wildman–Crippen LogP) is 1.49. The first-order chi connectivity index (χ1) is 8.08. The molecule has 1 aromatic rings. The first kappa shape index (κ1) is 13.7. The van der Waals surface area contributed by atoms with Crippen LogP contribution in [0.4, 0.5) is 0 Å². The number of rotatable bonds is 7. The maximum atomic E-state index is 10.8. The summed E-state index contributed by atoms with van der Waals surface area (Å²) >= 11 is 0. The van der Waals surface area contributed by atoms with Gasteiger partial charge in [0.25, 0.3) is 0 Å². The number of hydrogen-bond donors (Lipinski definition) is 2. The van der Waals surface area contributed by atoms with Crippen molar-refractivity contribution in [3.8, 4) is 0 Å². The van der Waals surface area contributed by atoms with Crippen molar-refractivity contribution in [3.05, 3.63) is 23.2 Å². The van der Waals surface area contributed by atoms with Crippen LogP contribution in [0.15, 0.2) is 10.5 Å². The molecule has 0 saturated carbocycles. The summed E-state index contributed by atoms with van der Waals surface area (Å²) in [4.78, 5) is 12.9. The Morgan fingerprint density at radius 2 is 2.24 bits per heavy atom. The van der Waals surface area contributed by atoms with Crippen molar-refractivity contribution in [2.75, 3.05) is 19.7 Å². The molecule has 5 nitrogen and oxygen atoms in total. The maximum absolute atomic E-state index is 10.8. The van der Waals surface area contributed by atoms with Gasteiger partial charge in [0.1, 0.15) is 5.76 Å². The first-order valence-corrected chi connectivity index (χ1v) is 5.74. The minimum atomic E-state index is -1.04. The Kier molecular flexibility index (Phi) is 5.18. The van der Waals surface area contributed by atoms with Gasteiger partial charge >= 0.3 is 5.97 Å². The van der Waals surface area contributed by atoms with E-state index >= 15 is 0 Å². The van der Waals surface area contributed by atoms with Crippen LogP contribution in [0.3, 0.4) is 0 Å². The standard InChI is InChI=1S/C12H19NO4/c1-3-13(5-4-6-14)8-10-7-9(2)11(17-10)12(15)16/h7,14H,3-6,8H2,1-2H3,(H,15,16). The highest BCUT2D eigenvalue weighted by atomic mass is 16.4. The molecule has 0 aliphatic rings. The van der Waals surface area contributed by atoms with Crippen molar-refractivity contribution < 1.29 is 19.4 Å². The summed E-state index contributed by atoms with van der Waals surface area (Å²) in [6.45, 7) is 6.09. The van der Waals surface area contributed by atoms with Gasteiger partial charge in [-0.2, -0.15) is 0 Å². The van der Waals surface area contributed by atoms with Gasteiger partial charge in [0.2, 0.25) is 5.76 Å². The molecule has 0 fully saturated rings. The summed E-state index contributed by atoms with van der Waals surface area (Å²) < 4.78 is 5.28. The molecule has 0 spiro atoms. The van der Waals surface area contributed by atoms with Crippen LogP contribution in [-0.2, 0) is 6.54 Å². The van der Waals surface area contributed by atoms with E-state index in [4.69, 9.17) is 14.6 Å². The number of aliphatic hydroxyl groups excluding tert-OH is 1. The fraction of sp³-hybridized carbons (Fsp3) is 0.583. The molecular weight excluding hydrogens is 222 g/mol. The van der Waals surface area contributed by atoms with Crippen molar-refractivity contribution in [2.24, 2.45) is 0 Å². The second-order valence-corrected chi connectivity index (χ2v) is 3.98. The number of aryl methyl sites for hydroxylation is 1. The predicted molar refractivity (Wildman–Crippen MR) is 63.1 cm³/mol. The number of aromatic carboxylic acids is 1. The smallest absolute Gasteiger partial charge is 0.372 e. The van der Waals surface area contributed by atoms with Gasteiger partial charge in [-0.05, 0) is 26.0 Å². The lowest BCUT2D eigenvalue weighted by Gasteiger charge is -2.18. The van der Waals surface area contributed by atoms with Crippen LogP contribution < -0.4 is 0 Å². The van der Waals surface area contributed by atoms with E-state index in [1.165, 1.54) is 0 Å². The molecule has 0 amide bonds. The molecule has 1 heterocycles.